The Balaban J connectivity index is 1.36. The molecule has 0 atom stereocenters. The van der Waals surface area contributed by atoms with Crippen LogP contribution in [0.25, 0.3) is 6.08 Å². The minimum atomic E-state index is 0.0322. The van der Waals surface area contributed by atoms with Crippen LogP contribution < -0.4 is 4.74 Å². The molecule has 0 radical (unpaired) electrons. The Labute approximate surface area is 172 Å². The predicted molar refractivity (Wildman–Crippen MR) is 119 cm³/mol. The zero-order chi connectivity index (χ0) is 19.9. The largest absolute Gasteiger partial charge is 0.457 e. The van der Waals surface area contributed by atoms with Gasteiger partial charge in [0.1, 0.15) is 11.5 Å². The summed E-state index contributed by atoms with van der Waals surface area (Å²) in [6.07, 6.45) is 10.0. The molecule has 0 aromatic heterocycles. The van der Waals surface area contributed by atoms with Crippen molar-refractivity contribution in [3.63, 3.8) is 0 Å². The molecule has 0 unspecified atom stereocenters. The van der Waals surface area contributed by atoms with Gasteiger partial charge in [-0.15, -0.1) is 0 Å². The fourth-order valence-corrected chi connectivity index (χ4v) is 3.90. The maximum atomic E-state index is 12.5. The summed E-state index contributed by atoms with van der Waals surface area (Å²) in [5.41, 5.74) is 3.08. The zero-order valence-electron chi connectivity index (χ0n) is 16.6. The van der Waals surface area contributed by atoms with Crippen molar-refractivity contribution >= 4 is 11.9 Å². The maximum Gasteiger partial charge on any atom is 0.185 e. The molecule has 3 aromatic carbocycles. The molecule has 1 aliphatic carbocycles. The van der Waals surface area contributed by atoms with Gasteiger partial charge in [0.05, 0.1) is 0 Å². The highest BCUT2D eigenvalue weighted by molar-refractivity contribution is 6.06. The lowest BCUT2D eigenvalue weighted by Crippen LogP contribution is -2.04. The van der Waals surface area contributed by atoms with Gasteiger partial charge in [-0.25, -0.2) is 0 Å². The lowest BCUT2D eigenvalue weighted by atomic mass is 9.84. The van der Waals surface area contributed by atoms with E-state index in [1.54, 1.807) is 6.08 Å². The van der Waals surface area contributed by atoms with Gasteiger partial charge in [0.15, 0.2) is 5.78 Å². The number of ketones is 1. The van der Waals surface area contributed by atoms with E-state index in [0.717, 1.165) is 22.6 Å². The second-order valence-corrected chi connectivity index (χ2v) is 7.64. The number of para-hydroxylation sites is 1. The van der Waals surface area contributed by atoms with Crippen molar-refractivity contribution in [1.82, 2.24) is 0 Å². The van der Waals surface area contributed by atoms with E-state index in [-0.39, 0.29) is 5.78 Å². The van der Waals surface area contributed by atoms with Crippen LogP contribution in [-0.4, -0.2) is 5.78 Å². The molecule has 146 valence electrons. The first-order valence-electron chi connectivity index (χ1n) is 10.4. The minimum absolute atomic E-state index is 0.0322. The first-order chi connectivity index (χ1) is 14.3. The fraction of sp³-hybridized carbons (Fsp3) is 0.222. The Bertz CT molecular complexity index is 948. The molecule has 1 aliphatic rings. The average Bonchev–Trinajstić information content (AvgIpc) is 2.80. The van der Waals surface area contributed by atoms with Gasteiger partial charge in [0.2, 0.25) is 0 Å². The number of carbonyl (C=O) groups excluding carboxylic acids is 1. The summed E-state index contributed by atoms with van der Waals surface area (Å²) < 4.78 is 5.80. The van der Waals surface area contributed by atoms with Crippen LogP contribution in [0.5, 0.6) is 11.5 Å². The van der Waals surface area contributed by atoms with Crippen LogP contribution in [0.3, 0.4) is 0 Å². The summed E-state index contributed by atoms with van der Waals surface area (Å²) in [7, 11) is 0. The van der Waals surface area contributed by atoms with Gasteiger partial charge in [0.25, 0.3) is 0 Å². The van der Waals surface area contributed by atoms with Crippen molar-refractivity contribution in [2.45, 2.75) is 38.0 Å². The van der Waals surface area contributed by atoms with Crippen molar-refractivity contribution in [3.05, 3.63) is 102 Å². The molecule has 1 saturated carbocycles. The summed E-state index contributed by atoms with van der Waals surface area (Å²) >= 11 is 0. The van der Waals surface area contributed by atoms with E-state index in [2.05, 4.69) is 12.1 Å². The van der Waals surface area contributed by atoms with Gasteiger partial charge in [0, 0.05) is 5.56 Å². The lowest BCUT2D eigenvalue weighted by Gasteiger charge is -2.21. The van der Waals surface area contributed by atoms with Crippen LogP contribution in [0.4, 0.5) is 0 Å². The molecule has 0 N–H and O–H groups in total. The lowest BCUT2D eigenvalue weighted by molar-refractivity contribution is 0.104. The third-order valence-electron chi connectivity index (χ3n) is 5.56. The van der Waals surface area contributed by atoms with Crippen LogP contribution in [0.15, 0.2) is 84.9 Å². The highest BCUT2D eigenvalue weighted by Gasteiger charge is 2.15. The highest BCUT2D eigenvalue weighted by atomic mass is 16.5. The van der Waals surface area contributed by atoms with E-state index >= 15 is 0 Å². The van der Waals surface area contributed by atoms with Crippen LogP contribution in [0.2, 0.25) is 0 Å². The summed E-state index contributed by atoms with van der Waals surface area (Å²) in [4.78, 5) is 12.5. The Kier molecular flexibility index (Phi) is 6.21. The Morgan fingerprint density at radius 3 is 2.10 bits per heavy atom. The first kappa shape index (κ1) is 19.2. The molecule has 1 fully saturated rings. The number of allylic oxidation sites excluding steroid dienone is 1. The van der Waals surface area contributed by atoms with E-state index in [0.29, 0.717) is 5.92 Å². The van der Waals surface area contributed by atoms with E-state index in [9.17, 15) is 4.79 Å². The topological polar surface area (TPSA) is 26.3 Å². The first-order valence-corrected chi connectivity index (χ1v) is 10.4. The van der Waals surface area contributed by atoms with E-state index in [1.165, 1.54) is 37.7 Å². The summed E-state index contributed by atoms with van der Waals surface area (Å²) in [5, 5.41) is 0. The standard InChI is InChI=1S/C27H26O2/c28-27(24-16-14-23(15-17-24)22-7-3-1-4-8-22)20-13-21-11-18-26(19-12-21)29-25-9-5-2-6-10-25/h2,5-6,9-20,22H,1,3-4,7-8H2/b20-13+. The second kappa shape index (κ2) is 9.38. The molecule has 0 amide bonds. The predicted octanol–water partition coefficient (Wildman–Crippen LogP) is 7.42. The molecule has 0 heterocycles. The molecule has 0 spiro atoms. The van der Waals surface area contributed by atoms with E-state index < -0.39 is 0 Å². The Hall–Kier alpha value is -3.13. The van der Waals surface area contributed by atoms with Gasteiger partial charge < -0.3 is 4.74 Å². The van der Waals surface area contributed by atoms with Crippen molar-refractivity contribution in [3.8, 4) is 11.5 Å². The summed E-state index contributed by atoms with van der Waals surface area (Å²) in [6.45, 7) is 0. The molecule has 2 nitrogen and oxygen atoms in total. The average molecular weight is 383 g/mol. The third kappa shape index (κ3) is 5.23. The molecule has 3 aromatic rings. The number of hydrogen-bond donors (Lipinski definition) is 0. The van der Waals surface area contributed by atoms with Gasteiger partial charge >= 0.3 is 0 Å². The maximum absolute atomic E-state index is 12.5. The molecule has 0 saturated heterocycles. The summed E-state index contributed by atoms with van der Waals surface area (Å²) in [5.74, 6) is 2.28. The molecule has 29 heavy (non-hydrogen) atoms. The number of benzene rings is 3. The van der Waals surface area contributed by atoms with Crippen LogP contribution in [-0.2, 0) is 0 Å². The van der Waals surface area contributed by atoms with Gasteiger partial charge in [-0.2, -0.15) is 0 Å². The normalized spacial score (nSPS) is 14.8. The fourth-order valence-electron chi connectivity index (χ4n) is 3.90. The Morgan fingerprint density at radius 1 is 0.759 bits per heavy atom. The molecular weight excluding hydrogens is 356 g/mol. The van der Waals surface area contributed by atoms with Crippen molar-refractivity contribution in [2.75, 3.05) is 0 Å². The smallest absolute Gasteiger partial charge is 0.185 e. The number of carbonyl (C=O) groups is 1. The number of rotatable bonds is 6. The van der Waals surface area contributed by atoms with Gasteiger partial charge in [-0.3, -0.25) is 4.79 Å². The summed E-state index contributed by atoms with van der Waals surface area (Å²) in [6, 6.07) is 25.6. The second-order valence-electron chi connectivity index (χ2n) is 7.64. The molecule has 0 bridgehead atoms. The Morgan fingerprint density at radius 2 is 1.41 bits per heavy atom. The molecule has 2 heteroatoms. The van der Waals surface area contributed by atoms with Gasteiger partial charge in [-0.05, 0) is 60.2 Å². The monoisotopic (exact) mass is 382 g/mol. The van der Waals surface area contributed by atoms with E-state index in [4.69, 9.17) is 4.74 Å². The minimum Gasteiger partial charge on any atom is -0.457 e. The molecule has 0 aliphatic heterocycles. The zero-order valence-corrected chi connectivity index (χ0v) is 16.6. The highest BCUT2D eigenvalue weighted by Crippen LogP contribution is 2.32. The number of hydrogen-bond acceptors (Lipinski definition) is 2. The van der Waals surface area contributed by atoms with Crippen LogP contribution in [0, 0.1) is 0 Å². The SMILES string of the molecule is O=C(/C=C/c1ccc(Oc2ccccc2)cc1)c1ccc(C2CCCCC2)cc1. The van der Waals surface area contributed by atoms with Gasteiger partial charge in [-0.1, -0.05) is 79.9 Å². The number of ether oxygens (including phenoxy) is 1. The van der Waals surface area contributed by atoms with Crippen molar-refractivity contribution in [2.24, 2.45) is 0 Å². The third-order valence-corrected chi connectivity index (χ3v) is 5.56. The van der Waals surface area contributed by atoms with Crippen molar-refractivity contribution in [1.29, 1.82) is 0 Å². The molecule has 4 rings (SSSR count). The van der Waals surface area contributed by atoms with Crippen LogP contribution in [0.1, 0.15) is 59.5 Å². The quantitative estimate of drug-likeness (QED) is 0.327. The van der Waals surface area contributed by atoms with Crippen LogP contribution >= 0.6 is 0 Å². The molecular formula is C27H26O2. The van der Waals surface area contributed by atoms with E-state index in [1.807, 2.05) is 72.8 Å². The van der Waals surface area contributed by atoms with Crippen molar-refractivity contribution < 1.29 is 9.53 Å².